The SMILES string of the molecule is CCOC(=O)CN1CC([N+](=O)[O-])=C2N(CC3SCCS3)CCN2C1. The van der Waals surface area contributed by atoms with Crippen LogP contribution in [0.2, 0.25) is 0 Å². The van der Waals surface area contributed by atoms with Crippen molar-refractivity contribution in [3.8, 4) is 0 Å². The second-order valence-corrected chi connectivity index (χ2v) is 8.76. The fourth-order valence-electron chi connectivity index (χ4n) is 3.23. The van der Waals surface area contributed by atoms with Crippen LogP contribution < -0.4 is 0 Å². The van der Waals surface area contributed by atoms with Crippen LogP contribution in [-0.4, -0.2) is 87.7 Å². The number of thioether (sulfide) groups is 2. The van der Waals surface area contributed by atoms with Gasteiger partial charge in [0.1, 0.15) is 0 Å². The number of fused-ring (bicyclic) bond motifs is 1. The molecule has 0 aromatic heterocycles. The van der Waals surface area contributed by atoms with E-state index in [-0.39, 0.29) is 29.7 Å². The minimum atomic E-state index is -0.335. The second-order valence-electron chi connectivity index (χ2n) is 5.84. The second kappa shape index (κ2) is 7.83. The molecule has 0 unspecified atom stereocenters. The molecule has 2 fully saturated rings. The predicted octanol–water partition coefficient (Wildman–Crippen LogP) is 0.692. The van der Waals surface area contributed by atoms with Gasteiger partial charge in [0.25, 0.3) is 5.70 Å². The highest BCUT2D eigenvalue weighted by atomic mass is 32.2. The smallest absolute Gasteiger partial charge is 0.320 e. The Labute approximate surface area is 149 Å². The Morgan fingerprint density at radius 2 is 2.12 bits per heavy atom. The van der Waals surface area contributed by atoms with Crippen molar-refractivity contribution in [3.63, 3.8) is 0 Å². The van der Waals surface area contributed by atoms with E-state index in [2.05, 4.69) is 4.90 Å². The van der Waals surface area contributed by atoms with Crippen LogP contribution in [0.5, 0.6) is 0 Å². The van der Waals surface area contributed by atoms with Gasteiger partial charge >= 0.3 is 5.97 Å². The summed E-state index contributed by atoms with van der Waals surface area (Å²) >= 11 is 3.86. The highest BCUT2D eigenvalue weighted by Gasteiger charge is 2.40. The van der Waals surface area contributed by atoms with Gasteiger partial charge in [0.2, 0.25) is 0 Å². The van der Waals surface area contributed by atoms with E-state index >= 15 is 0 Å². The van der Waals surface area contributed by atoms with Crippen LogP contribution in [0.15, 0.2) is 11.5 Å². The van der Waals surface area contributed by atoms with Gasteiger partial charge in [0.15, 0.2) is 5.82 Å². The van der Waals surface area contributed by atoms with Crippen molar-refractivity contribution >= 4 is 29.5 Å². The zero-order valence-corrected chi connectivity index (χ0v) is 15.3. The van der Waals surface area contributed by atoms with Crippen LogP contribution in [0.3, 0.4) is 0 Å². The predicted molar refractivity (Wildman–Crippen MR) is 94.1 cm³/mol. The van der Waals surface area contributed by atoms with Gasteiger partial charge in [0.05, 0.1) is 35.9 Å². The minimum absolute atomic E-state index is 0.0866. The molecule has 0 radical (unpaired) electrons. The van der Waals surface area contributed by atoms with Crippen molar-refractivity contribution < 1.29 is 14.5 Å². The van der Waals surface area contributed by atoms with E-state index in [4.69, 9.17) is 4.74 Å². The third kappa shape index (κ3) is 3.92. The van der Waals surface area contributed by atoms with Crippen LogP contribution in [0, 0.1) is 10.1 Å². The zero-order valence-electron chi connectivity index (χ0n) is 13.7. The third-order valence-corrected chi connectivity index (χ3v) is 7.18. The number of nitrogens with zero attached hydrogens (tertiary/aromatic N) is 4. The Balaban J connectivity index is 1.72. The first-order valence-electron chi connectivity index (χ1n) is 8.07. The first kappa shape index (κ1) is 17.7. The summed E-state index contributed by atoms with van der Waals surface area (Å²) in [5.41, 5.74) is 0.191. The molecular weight excluding hydrogens is 352 g/mol. The van der Waals surface area contributed by atoms with Crippen molar-refractivity contribution in [3.05, 3.63) is 21.6 Å². The van der Waals surface area contributed by atoms with Crippen LogP contribution >= 0.6 is 23.5 Å². The molecule has 2 saturated heterocycles. The summed E-state index contributed by atoms with van der Waals surface area (Å²) in [6.45, 7) is 5.29. The number of esters is 1. The summed E-state index contributed by atoms with van der Waals surface area (Å²) in [4.78, 5) is 28.9. The van der Waals surface area contributed by atoms with Crippen LogP contribution in [0.25, 0.3) is 0 Å². The maximum absolute atomic E-state index is 11.7. The van der Waals surface area contributed by atoms with E-state index in [1.807, 2.05) is 28.4 Å². The number of hydrogen-bond acceptors (Lipinski definition) is 9. The van der Waals surface area contributed by atoms with Gasteiger partial charge in [-0.3, -0.25) is 19.8 Å². The molecule has 3 heterocycles. The van der Waals surface area contributed by atoms with Gasteiger partial charge < -0.3 is 14.5 Å². The normalized spacial score (nSPS) is 22.2. The standard InChI is InChI=1S/C14H22N4O4S2/c1-2-22-12(19)8-15-7-11(18(20)21)14-16(3-4-17(14)10-15)9-13-23-5-6-24-13/h13H,2-10H2,1H3. The summed E-state index contributed by atoms with van der Waals surface area (Å²) in [6.07, 6.45) is 0. The number of nitro groups is 1. The van der Waals surface area contributed by atoms with Gasteiger partial charge in [-0.1, -0.05) is 0 Å². The minimum Gasteiger partial charge on any atom is -0.465 e. The highest BCUT2D eigenvalue weighted by molar-refractivity contribution is 8.20. The fraction of sp³-hybridized carbons (Fsp3) is 0.786. The topological polar surface area (TPSA) is 79.2 Å². The maximum atomic E-state index is 11.7. The molecule has 3 aliphatic rings. The van der Waals surface area contributed by atoms with E-state index < -0.39 is 0 Å². The number of carbonyl (C=O) groups is 1. The number of carbonyl (C=O) groups excluding carboxylic acids is 1. The molecule has 0 atom stereocenters. The molecule has 3 rings (SSSR count). The lowest BCUT2D eigenvalue weighted by atomic mass is 10.3. The third-order valence-electron chi connectivity index (χ3n) is 4.18. The number of ether oxygens (including phenoxy) is 1. The average Bonchev–Trinajstić information content (AvgIpc) is 3.17. The Bertz CT molecular complexity index is 539. The summed E-state index contributed by atoms with van der Waals surface area (Å²) < 4.78 is 5.45. The largest absolute Gasteiger partial charge is 0.465 e. The molecule has 134 valence electrons. The summed E-state index contributed by atoms with van der Waals surface area (Å²) in [5, 5.41) is 11.6. The molecule has 8 nitrogen and oxygen atoms in total. The molecular formula is C14H22N4O4S2. The lowest BCUT2D eigenvalue weighted by Gasteiger charge is -2.34. The molecule has 0 aromatic rings. The highest BCUT2D eigenvalue weighted by Crippen LogP contribution is 2.35. The van der Waals surface area contributed by atoms with Gasteiger partial charge in [-0.25, -0.2) is 0 Å². The van der Waals surface area contributed by atoms with Crippen LogP contribution in [0.1, 0.15) is 6.92 Å². The fourth-order valence-corrected chi connectivity index (χ4v) is 6.06. The molecule has 0 aliphatic carbocycles. The summed E-state index contributed by atoms with van der Waals surface area (Å²) in [6, 6.07) is 0. The Hall–Kier alpha value is -1.13. The summed E-state index contributed by atoms with van der Waals surface area (Å²) in [5.74, 6) is 2.72. The molecule has 0 bridgehead atoms. The number of rotatable bonds is 6. The molecule has 0 amide bonds. The van der Waals surface area contributed by atoms with E-state index in [1.165, 1.54) is 0 Å². The van der Waals surface area contributed by atoms with Crippen LogP contribution in [-0.2, 0) is 9.53 Å². The van der Waals surface area contributed by atoms with Gasteiger partial charge in [0, 0.05) is 31.1 Å². The van der Waals surface area contributed by atoms with E-state index in [9.17, 15) is 14.9 Å². The molecule has 0 aromatic carbocycles. The first-order chi connectivity index (χ1) is 11.6. The maximum Gasteiger partial charge on any atom is 0.320 e. The zero-order chi connectivity index (χ0) is 17.1. The van der Waals surface area contributed by atoms with Crippen molar-refractivity contribution in [1.29, 1.82) is 0 Å². The van der Waals surface area contributed by atoms with E-state index in [0.29, 0.717) is 17.9 Å². The lowest BCUT2D eigenvalue weighted by molar-refractivity contribution is -0.433. The molecule has 0 saturated carbocycles. The van der Waals surface area contributed by atoms with Gasteiger partial charge in [-0.2, -0.15) is 0 Å². The average molecular weight is 374 g/mol. The molecule has 0 N–H and O–H groups in total. The van der Waals surface area contributed by atoms with E-state index in [1.54, 1.807) is 11.8 Å². The first-order valence-corrected chi connectivity index (χ1v) is 10.2. The van der Waals surface area contributed by atoms with Gasteiger partial charge in [-0.15, -0.1) is 23.5 Å². The van der Waals surface area contributed by atoms with Crippen molar-refractivity contribution in [1.82, 2.24) is 14.7 Å². The van der Waals surface area contributed by atoms with Gasteiger partial charge in [-0.05, 0) is 6.92 Å². The monoisotopic (exact) mass is 374 g/mol. The molecule has 0 spiro atoms. The van der Waals surface area contributed by atoms with Crippen molar-refractivity contribution in [2.24, 2.45) is 0 Å². The van der Waals surface area contributed by atoms with Crippen LogP contribution in [0.4, 0.5) is 0 Å². The Kier molecular flexibility index (Phi) is 5.77. The molecule has 10 heteroatoms. The van der Waals surface area contributed by atoms with Crippen molar-refractivity contribution in [2.45, 2.75) is 11.5 Å². The van der Waals surface area contributed by atoms with Crippen molar-refractivity contribution in [2.75, 3.05) is 57.5 Å². The Morgan fingerprint density at radius 1 is 1.38 bits per heavy atom. The van der Waals surface area contributed by atoms with E-state index in [0.717, 1.165) is 37.0 Å². The lowest BCUT2D eigenvalue weighted by Crippen LogP contribution is -2.47. The Morgan fingerprint density at radius 3 is 2.79 bits per heavy atom. The molecule has 3 aliphatic heterocycles. The number of hydrogen-bond donors (Lipinski definition) is 0. The molecule has 24 heavy (non-hydrogen) atoms. The quantitative estimate of drug-likeness (QED) is 0.379. The summed E-state index contributed by atoms with van der Waals surface area (Å²) in [7, 11) is 0.